The number of hydrogen-bond acceptors (Lipinski definition) is 24. The van der Waals surface area contributed by atoms with E-state index >= 15 is 0 Å². The first-order chi connectivity index (χ1) is 48.1. The van der Waals surface area contributed by atoms with Gasteiger partial charge in [-0.25, -0.2) is 9.69 Å². The summed E-state index contributed by atoms with van der Waals surface area (Å²) in [4.78, 5) is 128. The Hall–Kier alpha value is -9.12. The van der Waals surface area contributed by atoms with E-state index < -0.39 is 60.7 Å². The molecule has 0 saturated carbocycles. The first kappa shape index (κ1) is 76.6. The summed E-state index contributed by atoms with van der Waals surface area (Å²) < 4.78 is 70.8. The molecule has 32 nitrogen and oxygen atoms in total. The molecule has 5 aliphatic rings. The average molecular weight is 1400 g/mol. The topological polar surface area (TPSA) is 367 Å². The third-order valence-corrected chi connectivity index (χ3v) is 16.6. The fraction of sp³-hybridized carbons (Fsp3) is 0.529. The number of benzene rings is 3. The molecular weight excluding hydrogens is 1310 g/mol. The van der Waals surface area contributed by atoms with Crippen molar-refractivity contribution in [1.29, 1.82) is 0 Å². The van der Waals surface area contributed by atoms with Crippen LogP contribution in [0, 0.1) is 17.8 Å². The molecule has 3 saturated heterocycles. The Bertz CT molecular complexity index is 3460. The molecule has 0 aromatic heterocycles. The minimum atomic E-state index is -1.57. The molecule has 3 aromatic rings. The molecule has 8 rings (SSSR count). The highest BCUT2D eigenvalue weighted by atomic mass is 16.8. The van der Waals surface area contributed by atoms with Gasteiger partial charge < -0.3 is 97.8 Å². The van der Waals surface area contributed by atoms with Gasteiger partial charge in [-0.3, -0.25) is 48.2 Å². The number of hydrogen-bond donors (Lipinski definition) is 5. The van der Waals surface area contributed by atoms with Gasteiger partial charge in [0.05, 0.1) is 68.6 Å². The van der Waals surface area contributed by atoms with E-state index in [0.717, 1.165) is 15.4 Å². The number of methoxy groups -OCH3 is 2. The van der Waals surface area contributed by atoms with E-state index in [4.69, 9.17) is 61.6 Å². The second kappa shape index (κ2) is 37.3. The highest BCUT2D eigenvalue weighted by molar-refractivity contribution is 6.07. The van der Waals surface area contributed by atoms with Crippen molar-refractivity contribution in [3.8, 4) is 23.0 Å². The van der Waals surface area contributed by atoms with Crippen LogP contribution in [0.3, 0.4) is 0 Å². The van der Waals surface area contributed by atoms with Crippen LogP contribution in [-0.2, 0) is 78.0 Å². The number of aliphatic hydroxyl groups excluding tert-OH is 1. The van der Waals surface area contributed by atoms with Gasteiger partial charge >= 0.3 is 6.09 Å². The number of likely N-dealkylation sites (tertiary alicyclic amines) is 1. The van der Waals surface area contributed by atoms with Crippen molar-refractivity contribution < 1.29 is 110 Å². The number of amides is 9. The van der Waals surface area contributed by atoms with Crippen molar-refractivity contribution in [2.24, 2.45) is 22.7 Å². The van der Waals surface area contributed by atoms with Crippen molar-refractivity contribution >= 4 is 76.6 Å². The minimum Gasteiger partial charge on any atom is -0.493 e. The Morgan fingerprint density at radius 1 is 0.660 bits per heavy atom. The lowest BCUT2D eigenvalue weighted by atomic mass is 9.94. The molecule has 100 heavy (non-hydrogen) atoms. The van der Waals surface area contributed by atoms with Gasteiger partial charge in [-0.15, -0.1) is 0 Å². The van der Waals surface area contributed by atoms with Crippen LogP contribution in [-0.4, -0.2) is 224 Å². The predicted molar refractivity (Wildman–Crippen MR) is 355 cm³/mol. The number of carbonyl (C=O) groups excluding carboxylic acids is 9. The van der Waals surface area contributed by atoms with E-state index in [1.54, 1.807) is 61.4 Å². The Morgan fingerprint density at radius 2 is 1.25 bits per heavy atom. The molecule has 3 fully saturated rings. The lowest BCUT2D eigenvalue weighted by molar-refractivity contribution is -0.221. The van der Waals surface area contributed by atoms with Crippen LogP contribution in [0.4, 0.5) is 21.9 Å². The molecule has 9 amide bonds. The van der Waals surface area contributed by atoms with E-state index in [-0.39, 0.29) is 183 Å². The fourth-order valence-corrected chi connectivity index (χ4v) is 11.3. The highest BCUT2D eigenvalue weighted by Gasteiger charge is 2.47. The molecule has 0 radical (unpaired) electrons. The number of nitrogens with zero attached hydrogens (tertiary/aromatic N) is 5. The molecule has 0 bridgehead atoms. The van der Waals surface area contributed by atoms with E-state index in [1.165, 1.54) is 38.2 Å². The smallest absolute Gasteiger partial charge is 0.416 e. The van der Waals surface area contributed by atoms with Crippen molar-refractivity contribution in [3.05, 3.63) is 89.5 Å². The number of carbonyl (C=O) groups is 9. The summed E-state index contributed by atoms with van der Waals surface area (Å²) in [6, 6.07) is 9.39. The lowest BCUT2D eigenvalue weighted by Gasteiger charge is -2.31. The van der Waals surface area contributed by atoms with Gasteiger partial charge in [0, 0.05) is 75.4 Å². The average Bonchev–Trinajstić information content (AvgIpc) is 1.58. The summed E-state index contributed by atoms with van der Waals surface area (Å²) in [6.07, 6.45) is 0.575. The quantitative estimate of drug-likeness (QED) is 0.0231. The van der Waals surface area contributed by atoms with Gasteiger partial charge in [-0.1, -0.05) is 64.1 Å². The molecule has 5 N–H and O–H groups in total. The van der Waals surface area contributed by atoms with E-state index in [2.05, 4.69) is 39.4 Å². The van der Waals surface area contributed by atoms with Gasteiger partial charge in [0.2, 0.25) is 35.4 Å². The van der Waals surface area contributed by atoms with Crippen LogP contribution < -0.4 is 45.1 Å². The van der Waals surface area contributed by atoms with Crippen LogP contribution in [0.1, 0.15) is 93.0 Å². The van der Waals surface area contributed by atoms with Gasteiger partial charge in [0.15, 0.2) is 63.2 Å². The van der Waals surface area contributed by atoms with Gasteiger partial charge in [-0.2, -0.15) is 0 Å². The maximum atomic E-state index is 14.3. The summed E-state index contributed by atoms with van der Waals surface area (Å²) >= 11 is 0. The molecule has 32 heteroatoms. The Balaban J connectivity index is 0.694. The standard InChI is InChI=1S/C68H89N9O23/c1-40(2)48-25-60(80)74(64(48)83)17-15-58(78)69-16-20-90-33-92-35-94-37-96-39-97-38-95-36-93-34-91-32-59(79)73-61(41(3)4)63(82)71-44(7)62(81)72-46-13-11-45(12-14-46)31-100-68(87)77-52-27-57(55(89-9)24-50(52)66(85)76-30-43(6)22-53(76)67(77)86)99-19-10-18-98-56-26-51-49(23-54(56)88-8)65(84)75-29-42(5)21-47(75)28-70-51/h11-14,23-24,26-28,40-41,44,47-48,53,61,67,86H,5-6,10,15-22,25,29-39H2,1-4,7-9H3,(H,69,78)(H,71,82)(H,72,81)(H,73,79)/t44-,47-,48?,53-,61-,67-/m0/s1. The Labute approximate surface area is 578 Å². The number of aliphatic hydroxyl groups is 1. The van der Waals surface area contributed by atoms with Crippen molar-refractivity contribution in [3.63, 3.8) is 0 Å². The SMILES string of the molecule is C=C1C[C@H]2C=Nc3cc(OCCCOc4cc5c(cc4OC)C(=O)N4CC(=C)C[C@H]4[C@H](O)N5C(=O)OCc4ccc(NC(=O)[C@H](C)NC(=O)[C@@H](NC(=O)COCOCOCOCOCOCOCOCCNC(=O)CCN5C(=O)CC(C(C)C)C5=O)C(C)C)cc4)c(OC)cc3C(=O)N2C1. The number of anilines is 2. The van der Waals surface area contributed by atoms with E-state index in [1.807, 2.05) is 13.8 Å². The van der Waals surface area contributed by atoms with Gasteiger partial charge in [0.25, 0.3) is 11.8 Å². The molecule has 544 valence electrons. The molecule has 0 aliphatic carbocycles. The molecule has 3 aromatic carbocycles. The minimum absolute atomic E-state index is 0.00289. The van der Waals surface area contributed by atoms with Crippen molar-refractivity contribution in [2.75, 3.05) is 125 Å². The zero-order valence-corrected chi connectivity index (χ0v) is 57.2. The van der Waals surface area contributed by atoms with Crippen LogP contribution in [0.15, 0.2) is 77.8 Å². The molecule has 5 heterocycles. The van der Waals surface area contributed by atoms with Crippen LogP contribution in [0.25, 0.3) is 0 Å². The third kappa shape index (κ3) is 20.7. The first-order valence-electron chi connectivity index (χ1n) is 32.6. The lowest BCUT2D eigenvalue weighted by Crippen LogP contribution is -2.54. The molecule has 0 spiro atoms. The molecule has 1 unspecified atom stereocenters. The predicted octanol–water partition coefficient (Wildman–Crippen LogP) is 4.24. The summed E-state index contributed by atoms with van der Waals surface area (Å²) in [7, 11) is 2.89. The number of fused-ring (bicyclic) bond motifs is 4. The van der Waals surface area contributed by atoms with Crippen LogP contribution >= 0.6 is 0 Å². The van der Waals surface area contributed by atoms with Crippen molar-refractivity contribution in [1.82, 2.24) is 30.7 Å². The number of aliphatic imine (C=N–C) groups is 1. The normalized spacial score (nSPS) is 18.5. The number of nitrogens with one attached hydrogen (secondary N) is 4. The highest BCUT2D eigenvalue weighted by Crippen LogP contribution is 2.43. The summed E-state index contributed by atoms with van der Waals surface area (Å²) in [5.41, 5.74) is 3.39. The fourth-order valence-electron chi connectivity index (χ4n) is 11.3. The number of ether oxygens (including phenoxy) is 13. The van der Waals surface area contributed by atoms with E-state index in [9.17, 15) is 48.3 Å². The van der Waals surface area contributed by atoms with Crippen LogP contribution in [0.5, 0.6) is 23.0 Å². The zero-order chi connectivity index (χ0) is 72.0. The largest absolute Gasteiger partial charge is 0.493 e. The second-order valence-electron chi connectivity index (χ2n) is 24.7. The van der Waals surface area contributed by atoms with Gasteiger partial charge in [-0.05, 0) is 61.4 Å². The molecular formula is C68H89N9O23. The Morgan fingerprint density at radius 3 is 1.87 bits per heavy atom. The summed E-state index contributed by atoms with van der Waals surface area (Å²) in [5, 5.41) is 22.6. The third-order valence-electron chi connectivity index (χ3n) is 16.6. The van der Waals surface area contributed by atoms with Crippen molar-refractivity contribution in [2.45, 2.75) is 104 Å². The van der Waals surface area contributed by atoms with Crippen LogP contribution in [0.2, 0.25) is 0 Å². The number of imide groups is 1. The molecule has 6 atom stereocenters. The summed E-state index contributed by atoms with van der Waals surface area (Å²) in [5.74, 6) is -2.86. The summed E-state index contributed by atoms with van der Waals surface area (Å²) in [6.45, 7) is 15.9. The second-order valence-corrected chi connectivity index (χ2v) is 24.7. The first-order valence-corrected chi connectivity index (χ1v) is 32.6. The van der Waals surface area contributed by atoms with E-state index in [0.29, 0.717) is 59.0 Å². The van der Waals surface area contributed by atoms with Gasteiger partial charge in [0.1, 0.15) is 38.9 Å². The molecule has 5 aliphatic heterocycles. The number of rotatable bonds is 39. The maximum absolute atomic E-state index is 14.3. The monoisotopic (exact) mass is 1400 g/mol. The zero-order valence-electron chi connectivity index (χ0n) is 57.2. The Kier molecular flexibility index (Phi) is 28.6. The maximum Gasteiger partial charge on any atom is 0.416 e.